The summed E-state index contributed by atoms with van der Waals surface area (Å²) in [5.41, 5.74) is 11.1. The molecule has 2 aromatic rings. The fourth-order valence-electron chi connectivity index (χ4n) is 2.13. The molecule has 21 heavy (non-hydrogen) atoms. The highest BCUT2D eigenvalue weighted by atomic mass is 16.2. The summed E-state index contributed by atoms with van der Waals surface area (Å²) >= 11 is 0. The van der Waals surface area contributed by atoms with E-state index in [9.17, 15) is 14.4 Å². The molecule has 0 aliphatic carbocycles. The smallest absolute Gasteiger partial charge is 0.314 e. The Morgan fingerprint density at radius 2 is 1.76 bits per heavy atom. The molecule has 0 saturated carbocycles. The van der Waals surface area contributed by atoms with Crippen LogP contribution < -0.4 is 22.6 Å². The molecular weight excluding hydrogens is 272 g/mol. The van der Waals surface area contributed by atoms with Gasteiger partial charge in [0.25, 0.3) is 0 Å². The van der Waals surface area contributed by atoms with E-state index in [-0.39, 0.29) is 0 Å². The minimum atomic E-state index is -0.729. The summed E-state index contributed by atoms with van der Waals surface area (Å²) in [6.45, 7) is 3.46. The van der Waals surface area contributed by atoms with E-state index in [0.717, 1.165) is 5.56 Å². The Kier molecular flexibility index (Phi) is 3.69. The summed E-state index contributed by atoms with van der Waals surface area (Å²) in [6.07, 6.45) is 0.376. The molecule has 7 heteroatoms. The van der Waals surface area contributed by atoms with Crippen LogP contribution in [0.1, 0.15) is 31.9 Å². The summed E-state index contributed by atoms with van der Waals surface area (Å²) in [6, 6.07) is 4.69. The van der Waals surface area contributed by atoms with Gasteiger partial charge in [-0.25, -0.2) is 0 Å². The van der Waals surface area contributed by atoms with Crippen molar-refractivity contribution in [2.75, 3.05) is 0 Å². The molecule has 0 spiro atoms. The van der Waals surface area contributed by atoms with Crippen LogP contribution in [0.4, 0.5) is 0 Å². The Labute approximate surface area is 120 Å². The third-order valence-corrected chi connectivity index (χ3v) is 3.57. The average molecular weight is 290 g/mol. The van der Waals surface area contributed by atoms with Crippen molar-refractivity contribution >= 4 is 16.9 Å². The molecule has 2 rings (SSSR count). The Morgan fingerprint density at radius 3 is 2.33 bits per heavy atom. The van der Waals surface area contributed by atoms with E-state index in [1.807, 2.05) is 0 Å². The van der Waals surface area contributed by atoms with Crippen molar-refractivity contribution in [3.8, 4) is 0 Å². The topological polar surface area (TPSA) is 135 Å². The van der Waals surface area contributed by atoms with Crippen LogP contribution in [0.3, 0.4) is 0 Å². The predicted octanol–water partition coefficient (Wildman–Crippen LogP) is 0.118. The van der Waals surface area contributed by atoms with Crippen molar-refractivity contribution in [3.05, 3.63) is 44.5 Å². The maximum atomic E-state index is 11.4. The van der Waals surface area contributed by atoms with Crippen LogP contribution in [-0.2, 0) is 4.79 Å². The molecule has 0 aliphatic heterocycles. The number of fused-ring (bicyclic) bond motifs is 1. The van der Waals surface area contributed by atoms with Gasteiger partial charge in [0.05, 0.1) is 11.0 Å². The quantitative estimate of drug-likeness (QED) is 0.594. The number of hydrogen-bond acceptors (Lipinski definition) is 4. The average Bonchev–Trinajstić information content (AvgIpc) is 2.38. The van der Waals surface area contributed by atoms with Crippen LogP contribution in [-0.4, -0.2) is 15.9 Å². The Bertz CT molecular complexity index is 804. The van der Waals surface area contributed by atoms with Crippen molar-refractivity contribution in [3.63, 3.8) is 0 Å². The number of amides is 1. The summed E-state index contributed by atoms with van der Waals surface area (Å²) in [5, 5.41) is 0. The zero-order valence-corrected chi connectivity index (χ0v) is 11.9. The molecule has 1 aromatic carbocycles. The molecule has 1 atom stereocenters. The first-order chi connectivity index (χ1) is 9.70. The number of hydrogen-bond donors (Lipinski definition) is 4. The van der Waals surface area contributed by atoms with E-state index in [0.29, 0.717) is 17.5 Å². The first kappa shape index (κ1) is 15.0. The molecule has 112 valence electrons. The van der Waals surface area contributed by atoms with Crippen LogP contribution in [0, 0.1) is 5.41 Å². The summed E-state index contributed by atoms with van der Waals surface area (Å²) in [7, 11) is 0. The number of carbonyl (C=O) groups excluding carboxylic acids is 1. The second-order valence-corrected chi connectivity index (χ2v) is 5.77. The number of carbonyl (C=O) groups is 1. The van der Waals surface area contributed by atoms with E-state index < -0.39 is 28.5 Å². The van der Waals surface area contributed by atoms with Crippen molar-refractivity contribution in [1.29, 1.82) is 0 Å². The van der Waals surface area contributed by atoms with E-state index in [1.165, 1.54) is 0 Å². The highest BCUT2D eigenvalue weighted by Gasteiger charge is 2.28. The zero-order valence-electron chi connectivity index (χ0n) is 11.9. The van der Waals surface area contributed by atoms with Gasteiger partial charge in [0.15, 0.2) is 0 Å². The van der Waals surface area contributed by atoms with Gasteiger partial charge in [-0.2, -0.15) is 0 Å². The molecular formula is C14H18N4O3. The molecule has 1 unspecified atom stereocenters. The monoisotopic (exact) mass is 290 g/mol. The first-order valence-corrected chi connectivity index (χ1v) is 6.52. The van der Waals surface area contributed by atoms with E-state index in [2.05, 4.69) is 9.97 Å². The standard InChI is InChI=1S/C14H18N4O3/c1-14(2,13(16)21)6-8(15)7-3-4-9-10(5-7)18-12(20)11(19)17-9/h3-5,8H,6,15H2,1-2H3,(H2,16,21)(H,17,19)(H,18,20). The number of nitrogens with one attached hydrogen (secondary N) is 2. The molecule has 6 N–H and O–H groups in total. The van der Waals surface area contributed by atoms with Crippen molar-refractivity contribution in [1.82, 2.24) is 9.97 Å². The zero-order chi connectivity index (χ0) is 15.8. The molecule has 7 nitrogen and oxygen atoms in total. The van der Waals surface area contributed by atoms with Crippen LogP contribution >= 0.6 is 0 Å². The Hall–Kier alpha value is -2.41. The minimum absolute atomic E-state index is 0.376. The first-order valence-electron chi connectivity index (χ1n) is 6.52. The van der Waals surface area contributed by atoms with Gasteiger partial charge in [0, 0.05) is 11.5 Å². The molecule has 0 radical (unpaired) electrons. The number of primary amides is 1. The van der Waals surface area contributed by atoms with Crippen LogP contribution in [0.25, 0.3) is 11.0 Å². The lowest BCUT2D eigenvalue weighted by atomic mass is 9.83. The molecule has 0 fully saturated rings. The Balaban J connectivity index is 2.39. The predicted molar refractivity (Wildman–Crippen MR) is 79.7 cm³/mol. The van der Waals surface area contributed by atoms with Gasteiger partial charge >= 0.3 is 11.1 Å². The van der Waals surface area contributed by atoms with Gasteiger partial charge in [-0.15, -0.1) is 0 Å². The minimum Gasteiger partial charge on any atom is -0.369 e. The molecule has 1 heterocycles. The molecule has 0 saturated heterocycles. The van der Waals surface area contributed by atoms with Gasteiger partial charge in [-0.1, -0.05) is 19.9 Å². The summed E-state index contributed by atoms with van der Waals surface area (Å²) in [5.74, 6) is -0.420. The third kappa shape index (κ3) is 3.03. The number of H-pyrrole nitrogens is 2. The number of aromatic amines is 2. The van der Waals surface area contributed by atoms with Crippen LogP contribution in [0.5, 0.6) is 0 Å². The number of rotatable bonds is 4. The number of nitrogens with two attached hydrogens (primary N) is 2. The van der Waals surface area contributed by atoms with E-state index in [1.54, 1.807) is 32.0 Å². The van der Waals surface area contributed by atoms with Crippen molar-refractivity contribution in [2.45, 2.75) is 26.3 Å². The fraction of sp³-hybridized carbons (Fsp3) is 0.357. The van der Waals surface area contributed by atoms with Crippen molar-refractivity contribution < 1.29 is 4.79 Å². The molecule has 1 amide bonds. The van der Waals surface area contributed by atoms with E-state index in [4.69, 9.17) is 11.5 Å². The molecule has 0 aliphatic rings. The van der Waals surface area contributed by atoms with Gasteiger partial charge in [-0.3, -0.25) is 14.4 Å². The number of benzene rings is 1. The lowest BCUT2D eigenvalue weighted by molar-refractivity contribution is -0.126. The summed E-state index contributed by atoms with van der Waals surface area (Å²) < 4.78 is 0. The van der Waals surface area contributed by atoms with Crippen molar-refractivity contribution in [2.24, 2.45) is 16.9 Å². The van der Waals surface area contributed by atoms with Crippen LogP contribution in [0.2, 0.25) is 0 Å². The highest BCUT2D eigenvalue weighted by molar-refractivity contribution is 5.80. The van der Waals surface area contributed by atoms with Gasteiger partial charge in [0.1, 0.15) is 0 Å². The lowest BCUT2D eigenvalue weighted by Crippen LogP contribution is -2.34. The molecule has 0 bridgehead atoms. The van der Waals surface area contributed by atoms with E-state index >= 15 is 0 Å². The number of aromatic nitrogens is 2. The van der Waals surface area contributed by atoms with Gasteiger partial charge in [-0.05, 0) is 24.1 Å². The second-order valence-electron chi connectivity index (χ2n) is 5.77. The van der Waals surface area contributed by atoms with Gasteiger partial charge < -0.3 is 21.4 Å². The van der Waals surface area contributed by atoms with Gasteiger partial charge in [0.2, 0.25) is 5.91 Å². The summed E-state index contributed by atoms with van der Waals surface area (Å²) in [4.78, 5) is 38.9. The molecule has 1 aromatic heterocycles. The Morgan fingerprint density at radius 1 is 1.19 bits per heavy atom. The fourth-order valence-corrected chi connectivity index (χ4v) is 2.13. The second kappa shape index (κ2) is 5.17. The maximum Gasteiger partial charge on any atom is 0.314 e. The normalized spacial score (nSPS) is 13.3. The third-order valence-electron chi connectivity index (χ3n) is 3.57. The lowest BCUT2D eigenvalue weighted by Gasteiger charge is -2.24. The highest BCUT2D eigenvalue weighted by Crippen LogP contribution is 2.28. The maximum absolute atomic E-state index is 11.4. The largest absolute Gasteiger partial charge is 0.369 e. The van der Waals surface area contributed by atoms with Crippen LogP contribution in [0.15, 0.2) is 27.8 Å². The SMILES string of the molecule is CC(C)(CC(N)c1ccc2[nH]c(=O)c(=O)[nH]c2c1)C(N)=O.